The predicted octanol–water partition coefficient (Wildman–Crippen LogP) is 10.5. The number of carboxylic acid groups (broad SMARTS) is 1. The van der Waals surface area contributed by atoms with Crippen LogP contribution in [-0.4, -0.2) is 80.6 Å². The summed E-state index contributed by atoms with van der Waals surface area (Å²) in [5, 5.41) is 9.59. The molecule has 0 saturated heterocycles. The molecule has 2 unspecified atom stereocenters. The summed E-state index contributed by atoms with van der Waals surface area (Å²) < 4.78 is 17.2. The van der Waals surface area contributed by atoms with Crippen LogP contribution in [0.1, 0.15) is 174 Å². The maximum atomic E-state index is 12.7. The van der Waals surface area contributed by atoms with E-state index in [0.29, 0.717) is 19.3 Å². The highest BCUT2D eigenvalue weighted by Crippen LogP contribution is 2.14. The van der Waals surface area contributed by atoms with Crippen molar-refractivity contribution < 1.29 is 38.2 Å². The summed E-state index contributed by atoms with van der Waals surface area (Å²) in [5.74, 6) is -1.48. The minimum Gasteiger partial charge on any atom is -0.477 e. The van der Waals surface area contributed by atoms with Gasteiger partial charge < -0.3 is 23.8 Å². The topological polar surface area (TPSA) is 99.1 Å². The van der Waals surface area contributed by atoms with E-state index < -0.39 is 18.1 Å². The van der Waals surface area contributed by atoms with Gasteiger partial charge in [0.05, 0.1) is 34.4 Å². The lowest BCUT2D eigenvalue weighted by atomic mass is 10.1. The summed E-state index contributed by atoms with van der Waals surface area (Å²) in [6.45, 7) is 4.69. The van der Waals surface area contributed by atoms with Crippen molar-refractivity contribution in [3.63, 3.8) is 0 Å². The van der Waals surface area contributed by atoms with E-state index in [9.17, 15) is 19.5 Å². The molecule has 0 fully saturated rings. The van der Waals surface area contributed by atoms with Crippen LogP contribution in [0.15, 0.2) is 24.3 Å². The van der Waals surface area contributed by atoms with Crippen LogP contribution in [0.3, 0.4) is 0 Å². The van der Waals surface area contributed by atoms with Gasteiger partial charge in [0.15, 0.2) is 12.1 Å². The van der Waals surface area contributed by atoms with Crippen LogP contribution < -0.4 is 0 Å². The summed E-state index contributed by atoms with van der Waals surface area (Å²) in [6.07, 6.45) is 35.0. The predicted molar refractivity (Wildman–Crippen MR) is 206 cm³/mol. The summed E-state index contributed by atoms with van der Waals surface area (Å²) in [6, 6.07) is -0.613. The van der Waals surface area contributed by atoms with Crippen molar-refractivity contribution in [3.05, 3.63) is 24.3 Å². The molecule has 0 aliphatic heterocycles. The van der Waals surface area contributed by atoms with Gasteiger partial charge in [-0.1, -0.05) is 134 Å². The number of carbonyl (C=O) groups excluding carboxylic acids is 2. The summed E-state index contributed by atoms with van der Waals surface area (Å²) in [4.78, 5) is 36.8. The number of ether oxygens (including phenoxy) is 3. The second-order valence-electron chi connectivity index (χ2n) is 14.9. The maximum absolute atomic E-state index is 12.7. The molecule has 292 valence electrons. The normalized spacial score (nSPS) is 13.2. The average molecular weight is 709 g/mol. The molecular formula is C42H78NO7+. The van der Waals surface area contributed by atoms with Crippen LogP contribution in [0.4, 0.5) is 0 Å². The second kappa shape index (κ2) is 33.9. The van der Waals surface area contributed by atoms with E-state index in [0.717, 1.165) is 64.2 Å². The molecule has 0 rings (SSSR count). The standard InChI is InChI=1S/C42H77NO7/c1-6-8-10-12-14-16-18-19-20-21-22-23-25-27-29-31-33-41(45)50-38(36-48-35-34-39(42(46)47)43(3,4)5)37-49-40(44)32-30-28-26-24-17-15-13-11-9-7-2/h16,18,20-21,38-39H,6-15,17,19,22-37H2,1-5H3/p+1/b18-16-,21-20-. The zero-order chi connectivity index (χ0) is 37.1. The molecule has 1 N–H and O–H groups in total. The van der Waals surface area contributed by atoms with E-state index in [-0.39, 0.29) is 36.2 Å². The molecule has 2 atom stereocenters. The zero-order valence-corrected chi connectivity index (χ0v) is 33.1. The Morgan fingerprint density at radius 3 is 1.56 bits per heavy atom. The Morgan fingerprint density at radius 2 is 1.06 bits per heavy atom. The number of unbranched alkanes of at least 4 members (excludes halogenated alkanes) is 18. The highest BCUT2D eigenvalue weighted by atomic mass is 16.6. The Balaban J connectivity index is 4.40. The van der Waals surface area contributed by atoms with Gasteiger partial charge in [0.25, 0.3) is 0 Å². The fourth-order valence-corrected chi connectivity index (χ4v) is 5.89. The van der Waals surface area contributed by atoms with E-state index in [4.69, 9.17) is 14.2 Å². The molecule has 0 amide bonds. The molecule has 0 radical (unpaired) electrons. The van der Waals surface area contributed by atoms with Crippen molar-refractivity contribution in [2.24, 2.45) is 0 Å². The smallest absolute Gasteiger partial charge is 0.362 e. The monoisotopic (exact) mass is 709 g/mol. The molecule has 0 saturated carbocycles. The van der Waals surface area contributed by atoms with E-state index >= 15 is 0 Å². The Bertz CT molecular complexity index is 880. The minimum absolute atomic E-state index is 0.0533. The highest BCUT2D eigenvalue weighted by molar-refractivity contribution is 5.72. The van der Waals surface area contributed by atoms with Crippen LogP contribution in [-0.2, 0) is 28.6 Å². The number of carbonyl (C=O) groups is 3. The van der Waals surface area contributed by atoms with Gasteiger partial charge in [-0.3, -0.25) is 9.59 Å². The Hall–Kier alpha value is -2.19. The third-order valence-corrected chi connectivity index (χ3v) is 9.10. The average Bonchev–Trinajstić information content (AvgIpc) is 3.06. The first-order valence-electron chi connectivity index (χ1n) is 20.4. The molecule has 0 bridgehead atoms. The van der Waals surface area contributed by atoms with E-state index in [1.54, 1.807) is 0 Å². The molecule has 8 nitrogen and oxygen atoms in total. The fourth-order valence-electron chi connectivity index (χ4n) is 5.89. The maximum Gasteiger partial charge on any atom is 0.362 e. The summed E-state index contributed by atoms with van der Waals surface area (Å²) in [7, 11) is 5.52. The van der Waals surface area contributed by atoms with Crippen molar-refractivity contribution in [1.82, 2.24) is 0 Å². The lowest BCUT2D eigenvalue weighted by Crippen LogP contribution is -2.50. The van der Waals surface area contributed by atoms with Gasteiger partial charge in [0.2, 0.25) is 0 Å². The van der Waals surface area contributed by atoms with E-state index in [1.165, 1.54) is 77.0 Å². The third-order valence-electron chi connectivity index (χ3n) is 9.10. The summed E-state index contributed by atoms with van der Waals surface area (Å²) in [5.41, 5.74) is 0. The van der Waals surface area contributed by atoms with Crippen molar-refractivity contribution in [2.45, 2.75) is 187 Å². The van der Waals surface area contributed by atoms with E-state index in [2.05, 4.69) is 38.2 Å². The first-order chi connectivity index (χ1) is 24.1. The van der Waals surface area contributed by atoms with Crippen LogP contribution in [0.25, 0.3) is 0 Å². The molecule has 8 heteroatoms. The van der Waals surface area contributed by atoms with Gasteiger partial charge in [-0.25, -0.2) is 4.79 Å². The van der Waals surface area contributed by atoms with Gasteiger partial charge in [0.1, 0.15) is 6.61 Å². The molecule has 0 heterocycles. The van der Waals surface area contributed by atoms with Gasteiger partial charge in [-0.2, -0.15) is 0 Å². The molecule has 0 aromatic heterocycles. The molecule has 0 aliphatic rings. The number of allylic oxidation sites excluding steroid dienone is 4. The quantitative estimate of drug-likeness (QED) is 0.0299. The number of likely N-dealkylation sites (N-methyl/N-ethyl adjacent to an activating group) is 1. The van der Waals surface area contributed by atoms with E-state index in [1.807, 2.05) is 21.1 Å². The fraction of sp³-hybridized carbons (Fsp3) is 0.833. The molecule has 0 spiro atoms. The number of rotatable bonds is 36. The number of nitrogens with zero attached hydrogens (tertiary/aromatic N) is 1. The van der Waals surface area contributed by atoms with Gasteiger partial charge in [-0.05, 0) is 44.9 Å². The Labute approximate surface area is 307 Å². The second-order valence-corrected chi connectivity index (χ2v) is 14.9. The Kier molecular flexibility index (Phi) is 32.4. The van der Waals surface area contributed by atoms with Crippen LogP contribution >= 0.6 is 0 Å². The molecular weight excluding hydrogens is 630 g/mol. The molecule has 50 heavy (non-hydrogen) atoms. The minimum atomic E-state index is -0.877. The van der Waals surface area contributed by atoms with Gasteiger partial charge in [0, 0.05) is 19.3 Å². The van der Waals surface area contributed by atoms with Gasteiger partial charge in [-0.15, -0.1) is 0 Å². The summed E-state index contributed by atoms with van der Waals surface area (Å²) >= 11 is 0. The van der Waals surface area contributed by atoms with Crippen molar-refractivity contribution in [1.29, 1.82) is 0 Å². The first kappa shape index (κ1) is 47.8. The number of carboxylic acids is 1. The van der Waals surface area contributed by atoms with Crippen molar-refractivity contribution >= 4 is 17.9 Å². The largest absolute Gasteiger partial charge is 0.477 e. The number of esters is 2. The van der Waals surface area contributed by atoms with Crippen LogP contribution in [0, 0.1) is 0 Å². The molecule has 0 aromatic rings. The lowest BCUT2D eigenvalue weighted by molar-refractivity contribution is -0.887. The SMILES string of the molecule is CCCCCC/C=C\C/C=C\CCCCCCCC(=O)OC(COCCC(C(=O)O)[N+](C)(C)C)COC(=O)CCCCCCCCCCCC. The number of quaternary nitrogens is 1. The zero-order valence-electron chi connectivity index (χ0n) is 33.1. The Morgan fingerprint density at radius 1 is 0.600 bits per heavy atom. The highest BCUT2D eigenvalue weighted by Gasteiger charge is 2.31. The third kappa shape index (κ3) is 31.8. The lowest BCUT2D eigenvalue weighted by Gasteiger charge is -2.31. The van der Waals surface area contributed by atoms with Gasteiger partial charge >= 0.3 is 17.9 Å². The van der Waals surface area contributed by atoms with Crippen molar-refractivity contribution in [2.75, 3.05) is 41.0 Å². The van der Waals surface area contributed by atoms with Crippen LogP contribution in [0.2, 0.25) is 0 Å². The van der Waals surface area contributed by atoms with Crippen LogP contribution in [0.5, 0.6) is 0 Å². The molecule has 0 aliphatic carbocycles. The molecule has 0 aromatic carbocycles. The number of hydrogen-bond donors (Lipinski definition) is 1. The first-order valence-corrected chi connectivity index (χ1v) is 20.4. The number of aliphatic carboxylic acids is 1. The van der Waals surface area contributed by atoms with Crippen molar-refractivity contribution in [3.8, 4) is 0 Å². The number of hydrogen-bond acceptors (Lipinski definition) is 6.